The number of ether oxygens (including phenoxy) is 1. The molecular formula is C20H19ClN2O5S2. The number of halogens is 1. The zero-order valence-corrected chi connectivity index (χ0v) is 18.7. The van der Waals surface area contributed by atoms with Crippen LogP contribution < -0.4 is 4.80 Å². The van der Waals surface area contributed by atoms with Gasteiger partial charge in [-0.2, -0.15) is 4.99 Å². The van der Waals surface area contributed by atoms with Crippen molar-refractivity contribution < 1.29 is 22.7 Å². The first-order valence-electron chi connectivity index (χ1n) is 8.93. The molecule has 0 radical (unpaired) electrons. The van der Waals surface area contributed by atoms with Gasteiger partial charge < -0.3 is 9.30 Å². The van der Waals surface area contributed by atoms with E-state index in [0.717, 1.165) is 15.8 Å². The quantitative estimate of drug-likeness (QED) is 0.520. The first kappa shape index (κ1) is 22.2. The van der Waals surface area contributed by atoms with Gasteiger partial charge in [-0.3, -0.25) is 9.59 Å². The van der Waals surface area contributed by atoms with E-state index in [1.165, 1.54) is 30.6 Å². The maximum atomic E-state index is 12.4. The molecule has 0 unspecified atom stereocenters. The fraction of sp³-hybridized carbons (Fsp3) is 0.250. The summed E-state index contributed by atoms with van der Waals surface area (Å²) in [5.41, 5.74) is 1.54. The van der Waals surface area contributed by atoms with Gasteiger partial charge >= 0.3 is 5.97 Å². The van der Waals surface area contributed by atoms with E-state index >= 15 is 0 Å². The van der Waals surface area contributed by atoms with Crippen LogP contribution in [0.1, 0.15) is 12.0 Å². The largest absolute Gasteiger partial charge is 0.468 e. The van der Waals surface area contributed by atoms with E-state index in [4.69, 9.17) is 16.3 Å². The van der Waals surface area contributed by atoms with Crippen molar-refractivity contribution >= 4 is 54.9 Å². The number of thiazole rings is 1. The highest BCUT2D eigenvalue weighted by Crippen LogP contribution is 2.26. The van der Waals surface area contributed by atoms with E-state index in [9.17, 15) is 18.0 Å². The molecule has 0 saturated carbocycles. The summed E-state index contributed by atoms with van der Waals surface area (Å²) in [6, 6.07) is 11.4. The number of nitrogens with zero attached hydrogens (tertiary/aromatic N) is 2. The molecule has 1 aromatic heterocycles. The van der Waals surface area contributed by atoms with Crippen LogP contribution in [0, 0.1) is 6.92 Å². The summed E-state index contributed by atoms with van der Waals surface area (Å²) in [5.74, 6) is -1.44. The maximum absolute atomic E-state index is 12.4. The lowest BCUT2D eigenvalue weighted by atomic mass is 10.2. The topological polar surface area (TPSA) is 94.8 Å². The molecule has 158 valence electrons. The fourth-order valence-electron chi connectivity index (χ4n) is 2.93. The van der Waals surface area contributed by atoms with Gasteiger partial charge in [0.25, 0.3) is 0 Å². The molecule has 0 saturated heterocycles. The van der Waals surface area contributed by atoms with E-state index in [2.05, 4.69) is 4.99 Å². The SMILES string of the molecule is COC(=O)Cn1c(=NC(=O)CCS(=O)(=O)c2ccccc2)sc2cc(Cl)cc(C)c21. The Bertz CT molecular complexity index is 1280. The number of aryl methyl sites for hydroxylation is 1. The van der Waals surface area contributed by atoms with Gasteiger partial charge in [0, 0.05) is 11.4 Å². The van der Waals surface area contributed by atoms with E-state index in [1.54, 1.807) is 34.9 Å². The number of fused-ring (bicyclic) bond motifs is 1. The Morgan fingerprint density at radius 2 is 1.90 bits per heavy atom. The first-order valence-corrected chi connectivity index (χ1v) is 11.8. The van der Waals surface area contributed by atoms with Gasteiger partial charge in [-0.15, -0.1) is 0 Å². The van der Waals surface area contributed by atoms with Crippen molar-refractivity contribution in [3.05, 3.63) is 57.9 Å². The summed E-state index contributed by atoms with van der Waals surface area (Å²) in [5, 5.41) is 0.526. The first-order chi connectivity index (χ1) is 14.2. The van der Waals surface area contributed by atoms with Crippen molar-refractivity contribution in [3.63, 3.8) is 0 Å². The molecule has 0 atom stereocenters. The summed E-state index contributed by atoms with van der Waals surface area (Å²) in [4.78, 5) is 28.8. The molecule has 30 heavy (non-hydrogen) atoms. The summed E-state index contributed by atoms with van der Waals surface area (Å²) in [6.45, 7) is 1.71. The van der Waals surface area contributed by atoms with Gasteiger partial charge in [-0.25, -0.2) is 8.42 Å². The highest BCUT2D eigenvalue weighted by Gasteiger charge is 2.17. The molecule has 1 amide bonds. The van der Waals surface area contributed by atoms with Gasteiger partial charge in [0.15, 0.2) is 14.6 Å². The molecule has 1 heterocycles. The van der Waals surface area contributed by atoms with Gasteiger partial charge in [0.05, 0.1) is 28.0 Å². The molecule has 0 aliphatic heterocycles. The number of carbonyl (C=O) groups excluding carboxylic acids is 2. The molecule has 7 nitrogen and oxygen atoms in total. The number of esters is 1. The monoisotopic (exact) mass is 466 g/mol. The highest BCUT2D eigenvalue weighted by molar-refractivity contribution is 7.91. The second kappa shape index (κ2) is 9.11. The highest BCUT2D eigenvalue weighted by atomic mass is 35.5. The van der Waals surface area contributed by atoms with Crippen LogP contribution in [-0.2, 0) is 30.7 Å². The van der Waals surface area contributed by atoms with Crippen molar-refractivity contribution in [3.8, 4) is 0 Å². The maximum Gasteiger partial charge on any atom is 0.325 e. The Labute approximate surface area is 182 Å². The molecule has 2 aromatic carbocycles. The molecule has 0 N–H and O–H groups in total. The normalized spacial score (nSPS) is 12.3. The standard InChI is InChI=1S/C20H19ClN2O5S2/c1-13-10-14(21)11-16-19(13)23(12-18(25)28-2)20(29-16)22-17(24)8-9-30(26,27)15-6-4-3-5-7-15/h3-7,10-11H,8-9,12H2,1-2H3. The van der Waals surface area contributed by atoms with Gasteiger partial charge in [-0.1, -0.05) is 41.1 Å². The van der Waals surface area contributed by atoms with Crippen LogP contribution in [0.15, 0.2) is 52.4 Å². The van der Waals surface area contributed by atoms with Crippen LogP contribution >= 0.6 is 22.9 Å². The third kappa shape index (κ3) is 4.97. The number of benzene rings is 2. The fourth-order valence-corrected chi connectivity index (χ4v) is 5.68. The Kier molecular flexibility index (Phi) is 6.74. The molecule has 3 rings (SSSR count). The average Bonchev–Trinajstić information content (AvgIpc) is 3.03. The predicted molar refractivity (Wildman–Crippen MR) is 115 cm³/mol. The summed E-state index contributed by atoms with van der Waals surface area (Å²) >= 11 is 7.32. The van der Waals surface area contributed by atoms with Crippen LogP contribution in [0.25, 0.3) is 10.2 Å². The Balaban J connectivity index is 1.94. The number of sulfone groups is 1. The molecule has 3 aromatic rings. The molecule has 0 aliphatic rings. The zero-order chi connectivity index (χ0) is 21.9. The number of aromatic nitrogens is 1. The second-order valence-corrected chi connectivity index (χ2v) is 10.1. The number of methoxy groups -OCH3 is 1. The summed E-state index contributed by atoms with van der Waals surface area (Å²) in [7, 11) is -2.32. The minimum Gasteiger partial charge on any atom is -0.468 e. The summed E-state index contributed by atoms with van der Waals surface area (Å²) in [6.07, 6.45) is -0.274. The number of amides is 1. The van der Waals surface area contributed by atoms with E-state index in [0.29, 0.717) is 5.02 Å². The molecular weight excluding hydrogens is 448 g/mol. The van der Waals surface area contributed by atoms with Crippen LogP contribution in [0.5, 0.6) is 0 Å². The number of hydrogen-bond donors (Lipinski definition) is 0. The van der Waals surface area contributed by atoms with E-state index in [-0.39, 0.29) is 28.4 Å². The van der Waals surface area contributed by atoms with Crippen LogP contribution in [0.2, 0.25) is 5.02 Å². The predicted octanol–water partition coefficient (Wildman–Crippen LogP) is 3.13. The van der Waals surface area contributed by atoms with Crippen molar-refractivity contribution in [1.82, 2.24) is 4.57 Å². The number of carbonyl (C=O) groups is 2. The van der Waals surface area contributed by atoms with Gasteiger partial charge in [0.1, 0.15) is 6.54 Å². The van der Waals surface area contributed by atoms with Crippen molar-refractivity contribution in [2.45, 2.75) is 24.8 Å². The van der Waals surface area contributed by atoms with Crippen LogP contribution in [0.3, 0.4) is 0 Å². The lowest BCUT2D eigenvalue weighted by Gasteiger charge is -2.06. The zero-order valence-electron chi connectivity index (χ0n) is 16.3. The molecule has 0 spiro atoms. The van der Waals surface area contributed by atoms with Gasteiger partial charge in [-0.05, 0) is 36.8 Å². The number of hydrogen-bond acceptors (Lipinski definition) is 6. The molecule has 0 bridgehead atoms. The summed E-state index contributed by atoms with van der Waals surface area (Å²) < 4.78 is 31.9. The minimum absolute atomic E-state index is 0.132. The Morgan fingerprint density at radius 1 is 1.20 bits per heavy atom. The minimum atomic E-state index is -3.59. The molecule has 0 aliphatic carbocycles. The second-order valence-electron chi connectivity index (χ2n) is 6.50. The van der Waals surface area contributed by atoms with Crippen molar-refractivity contribution in [2.75, 3.05) is 12.9 Å². The van der Waals surface area contributed by atoms with Crippen LogP contribution in [-0.4, -0.2) is 37.7 Å². The smallest absolute Gasteiger partial charge is 0.325 e. The Morgan fingerprint density at radius 3 is 2.57 bits per heavy atom. The third-order valence-electron chi connectivity index (χ3n) is 4.35. The lowest BCUT2D eigenvalue weighted by Crippen LogP contribution is -2.23. The van der Waals surface area contributed by atoms with Crippen LogP contribution in [0.4, 0.5) is 0 Å². The van der Waals surface area contributed by atoms with Crippen molar-refractivity contribution in [1.29, 1.82) is 0 Å². The van der Waals surface area contributed by atoms with E-state index < -0.39 is 21.7 Å². The van der Waals surface area contributed by atoms with Gasteiger partial charge in [0.2, 0.25) is 5.91 Å². The number of rotatable bonds is 6. The Hall–Kier alpha value is -2.49. The van der Waals surface area contributed by atoms with Crippen molar-refractivity contribution in [2.24, 2.45) is 4.99 Å². The lowest BCUT2D eigenvalue weighted by molar-refractivity contribution is -0.141. The van der Waals surface area contributed by atoms with E-state index in [1.807, 2.05) is 6.92 Å². The third-order valence-corrected chi connectivity index (χ3v) is 7.33. The molecule has 10 heteroatoms. The molecule has 0 fully saturated rings. The average molecular weight is 467 g/mol.